The first-order chi connectivity index (χ1) is 13.2. The number of hydrogen-bond acceptors (Lipinski definition) is 2. The first-order valence-electron chi connectivity index (χ1n) is 11.5. The van der Waals surface area contributed by atoms with Crippen LogP contribution in [0, 0.1) is 5.41 Å². The van der Waals surface area contributed by atoms with E-state index in [2.05, 4.69) is 25.7 Å². The van der Waals surface area contributed by atoms with E-state index in [1.165, 1.54) is 70.6 Å². The van der Waals surface area contributed by atoms with Crippen molar-refractivity contribution in [2.45, 2.75) is 116 Å². The van der Waals surface area contributed by atoms with Crippen LogP contribution >= 0.6 is 0 Å². The van der Waals surface area contributed by atoms with Gasteiger partial charge in [0.15, 0.2) is 0 Å². The summed E-state index contributed by atoms with van der Waals surface area (Å²) < 4.78 is 0. The van der Waals surface area contributed by atoms with Gasteiger partial charge in [0.2, 0.25) is 0 Å². The van der Waals surface area contributed by atoms with E-state index < -0.39 is 5.41 Å². The van der Waals surface area contributed by atoms with Crippen LogP contribution in [0.5, 0.6) is 0 Å². The molecule has 1 fully saturated rings. The molecule has 2 nitrogen and oxygen atoms in total. The van der Waals surface area contributed by atoms with Crippen molar-refractivity contribution in [3.8, 4) is 0 Å². The molecule has 0 heterocycles. The number of unbranched alkanes of at least 4 members (excludes halogenated alkanes) is 11. The molecule has 0 unspecified atom stereocenters. The van der Waals surface area contributed by atoms with Gasteiger partial charge in [-0.05, 0) is 32.1 Å². The maximum Gasteiger partial charge on any atom is 0.147 e. The Hall–Kier alpha value is -1.18. The quantitative estimate of drug-likeness (QED) is 0.159. The summed E-state index contributed by atoms with van der Waals surface area (Å²) in [6.45, 7) is 6.03. The van der Waals surface area contributed by atoms with Crippen LogP contribution < -0.4 is 0 Å². The van der Waals surface area contributed by atoms with Gasteiger partial charge in [0.05, 0.1) is 5.41 Å². The van der Waals surface area contributed by atoms with Crippen molar-refractivity contribution >= 4 is 11.6 Å². The van der Waals surface area contributed by atoms with Crippen LogP contribution in [-0.4, -0.2) is 11.6 Å². The molecule has 0 radical (unpaired) electrons. The highest BCUT2D eigenvalue weighted by Crippen LogP contribution is 2.37. The minimum absolute atomic E-state index is 0.123. The second kappa shape index (κ2) is 14.8. The molecule has 0 aromatic heterocycles. The Labute approximate surface area is 167 Å². The van der Waals surface area contributed by atoms with Crippen molar-refractivity contribution in [2.75, 3.05) is 0 Å². The van der Waals surface area contributed by atoms with E-state index in [9.17, 15) is 9.59 Å². The van der Waals surface area contributed by atoms with Gasteiger partial charge in [-0.3, -0.25) is 9.59 Å². The van der Waals surface area contributed by atoms with Crippen molar-refractivity contribution in [1.29, 1.82) is 0 Å². The molecule has 0 N–H and O–H groups in total. The summed E-state index contributed by atoms with van der Waals surface area (Å²) in [6, 6.07) is 0. The highest BCUT2D eigenvalue weighted by Gasteiger charge is 2.44. The zero-order valence-electron chi connectivity index (χ0n) is 17.8. The van der Waals surface area contributed by atoms with Crippen molar-refractivity contribution in [3.63, 3.8) is 0 Å². The molecule has 0 aromatic rings. The van der Waals surface area contributed by atoms with E-state index in [4.69, 9.17) is 0 Å². The van der Waals surface area contributed by atoms with Crippen molar-refractivity contribution < 1.29 is 9.59 Å². The fourth-order valence-corrected chi connectivity index (χ4v) is 4.16. The molecule has 0 atom stereocenters. The maximum atomic E-state index is 12.4. The monoisotopic (exact) mass is 374 g/mol. The smallest absolute Gasteiger partial charge is 0.147 e. The maximum absolute atomic E-state index is 12.4. The van der Waals surface area contributed by atoms with E-state index in [1.807, 2.05) is 0 Å². The van der Waals surface area contributed by atoms with E-state index >= 15 is 0 Å². The Morgan fingerprint density at radius 3 is 1.81 bits per heavy atom. The molecule has 0 aromatic carbocycles. The summed E-state index contributed by atoms with van der Waals surface area (Å²) in [6.07, 6.45) is 24.9. The van der Waals surface area contributed by atoms with Crippen LogP contribution in [-0.2, 0) is 9.59 Å². The van der Waals surface area contributed by atoms with Crippen LogP contribution in [0.4, 0.5) is 0 Å². The second-order valence-corrected chi connectivity index (χ2v) is 8.27. The normalized spacial score (nSPS) is 16.9. The van der Waals surface area contributed by atoms with Crippen LogP contribution in [0.25, 0.3) is 0 Å². The molecule has 1 rings (SSSR count). The summed E-state index contributed by atoms with van der Waals surface area (Å²) in [5.41, 5.74) is -0.798. The Kier molecular flexibility index (Phi) is 13.1. The molecule has 0 spiro atoms. The average Bonchev–Trinajstić information content (AvgIpc) is 2.66. The fraction of sp³-hybridized carbons (Fsp3) is 0.760. The number of rotatable bonds is 16. The lowest BCUT2D eigenvalue weighted by atomic mass is 9.67. The number of Topliss-reactive ketones (excluding diaryl/α,β-unsaturated/α-hetero) is 2. The number of ketones is 2. The van der Waals surface area contributed by atoms with Gasteiger partial charge in [-0.2, -0.15) is 0 Å². The Bertz CT molecular complexity index is 445. The molecule has 0 saturated heterocycles. The van der Waals surface area contributed by atoms with Crippen LogP contribution in [0.15, 0.2) is 24.8 Å². The molecule has 27 heavy (non-hydrogen) atoms. The van der Waals surface area contributed by atoms with Gasteiger partial charge in [-0.1, -0.05) is 89.4 Å². The zero-order chi connectivity index (χ0) is 19.8. The summed E-state index contributed by atoms with van der Waals surface area (Å²) in [5.74, 6) is 0.246. The van der Waals surface area contributed by atoms with Gasteiger partial charge in [-0.25, -0.2) is 0 Å². The molecule has 0 amide bonds. The van der Waals surface area contributed by atoms with E-state index in [1.54, 1.807) is 6.08 Å². The SMILES string of the molecule is C=CCC1(C/C=C/CCCCCCCCCCCCC)C(=O)CCCC1=O. The Balaban J connectivity index is 2.10. The molecule has 2 heteroatoms. The van der Waals surface area contributed by atoms with E-state index in [0.29, 0.717) is 25.7 Å². The van der Waals surface area contributed by atoms with E-state index in [-0.39, 0.29) is 11.6 Å². The van der Waals surface area contributed by atoms with Gasteiger partial charge in [0.25, 0.3) is 0 Å². The first kappa shape index (κ1) is 23.9. The molecular formula is C25H42O2. The van der Waals surface area contributed by atoms with Crippen molar-refractivity contribution in [3.05, 3.63) is 24.8 Å². The number of allylic oxidation sites excluding steroid dienone is 3. The summed E-state index contributed by atoms with van der Waals surface area (Å²) in [7, 11) is 0. The molecule has 154 valence electrons. The lowest BCUT2D eigenvalue weighted by molar-refractivity contribution is -0.143. The predicted octanol–water partition coefficient (Wildman–Crippen LogP) is 7.52. The Morgan fingerprint density at radius 1 is 0.778 bits per heavy atom. The third-order valence-corrected chi connectivity index (χ3v) is 5.98. The van der Waals surface area contributed by atoms with Gasteiger partial charge in [0.1, 0.15) is 11.6 Å². The van der Waals surface area contributed by atoms with Crippen LogP contribution in [0.1, 0.15) is 116 Å². The molecule has 0 aliphatic heterocycles. The predicted molar refractivity (Wildman–Crippen MR) is 116 cm³/mol. The molecule has 1 aliphatic carbocycles. The third kappa shape index (κ3) is 9.04. The average molecular weight is 375 g/mol. The lowest BCUT2D eigenvalue weighted by Gasteiger charge is -2.32. The number of carbonyl (C=O) groups excluding carboxylic acids is 2. The first-order valence-corrected chi connectivity index (χ1v) is 11.5. The van der Waals surface area contributed by atoms with Gasteiger partial charge >= 0.3 is 0 Å². The van der Waals surface area contributed by atoms with Crippen LogP contribution in [0.3, 0.4) is 0 Å². The fourth-order valence-electron chi connectivity index (χ4n) is 4.16. The topological polar surface area (TPSA) is 34.1 Å². The van der Waals surface area contributed by atoms with Crippen molar-refractivity contribution in [1.82, 2.24) is 0 Å². The number of carbonyl (C=O) groups is 2. The zero-order valence-corrected chi connectivity index (χ0v) is 17.8. The third-order valence-electron chi connectivity index (χ3n) is 5.98. The molecule has 1 saturated carbocycles. The summed E-state index contributed by atoms with van der Waals surface area (Å²) >= 11 is 0. The lowest BCUT2D eigenvalue weighted by Crippen LogP contribution is -2.41. The minimum Gasteiger partial charge on any atom is -0.299 e. The van der Waals surface area contributed by atoms with Gasteiger partial charge < -0.3 is 0 Å². The van der Waals surface area contributed by atoms with Crippen LogP contribution in [0.2, 0.25) is 0 Å². The van der Waals surface area contributed by atoms with E-state index in [0.717, 1.165) is 12.8 Å². The number of hydrogen-bond donors (Lipinski definition) is 0. The summed E-state index contributed by atoms with van der Waals surface area (Å²) in [4.78, 5) is 24.8. The highest BCUT2D eigenvalue weighted by molar-refractivity contribution is 6.09. The van der Waals surface area contributed by atoms with Gasteiger partial charge in [0, 0.05) is 12.8 Å². The highest BCUT2D eigenvalue weighted by atomic mass is 16.2. The minimum atomic E-state index is -0.798. The molecular weight excluding hydrogens is 332 g/mol. The van der Waals surface area contributed by atoms with Gasteiger partial charge in [-0.15, -0.1) is 6.58 Å². The molecule has 0 bridgehead atoms. The molecule has 1 aliphatic rings. The summed E-state index contributed by atoms with van der Waals surface area (Å²) in [5, 5.41) is 0. The largest absolute Gasteiger partial charge is 0.299 e. The van der Waals surface area contributed by atoms with Crippen molar-refractivity contribution in [2.24, 2.45) is 5.41 Å². The standard InChI is InChI=1S/C25H42O2/c1-3-5-6-7-8-9-10-11-12-13-14-15-16-17-22-25(21-4-2)23(26)19-18-20-24(25)27/h4,16-17H,2-3,5-15,18-22H2,1H3/b17-16+. The Morgan fingerprint density at radius 2 is 1.30 bits per heavy atom. The second-order valence-electron chi connectivity index (χ2n) is 8.27.